The molecule has 2 aromatic heterocycles. The van der Waals surface area contributed by atoms with Gasteiger partial charge in [0.05, 0.1) is 18.7 Å². The lowest BCUT2D eigenvalue weighted by atomic mass is 10.1. The maximum atomic E-state index is 12.6. The van der Waals surface area contributed by atoms with Gasteiger partial charge in [0.1, 0.15) is 11.1 Å². The maximum absolute atomic E-state index is 12.6. The molecule has 0 spiro atoms. The SMILES string of the molecule is C.CCOC(=O)c1cccn(C2CCc3c(Br)cccc32)c1=O.O=C(O)c1cccn(C2CCc3c(Br)cccc32)c1=O. The first-order chi connectivity index (χ1) is 20.2. The van der Waals surface area contributed by atoms with Crippen molar-refractivity contribution in [1.82, 2.24) is 9.13 Å². The fourth-order valence-corrected chi connectivity index (χ4v) is 6.95. The summed E-state index contributed by atoms with van der Waals surface area (Å²) in [7, 11) is 0. The summed E-state index contributed by atoms with van der Waals surface area (Å²) in [6, 6.07) is 18.0. The molecule has 1 N–H and O–H groups in total. The van der Waals surface area contributed by atoms with E-state index in [2.05, 4.69) is 31.9 Å². The average molecular weight is 712 g/mol. The van der Waals surface area contributed by atoms with E-state index in [1.165, 1.54) is 27.8 Å². The molecule has 2 unspecified atom stereocenters. The molecule has 0 radical (unpaired) electrons. The molecule has 2 heterocycles. The minimum absolute atomic E-state index is 0. The van der Waals surface area contributed by atoms with E-state index in [0.717, 1.165) is 45.8 Å². The molecule has 0 fully saturated rings. The smallest absolute Gasteiger partial charge is 0.343 e. The van der Waals surface area contributed by atoms with E-state index in [4.69, 9.17) is 9.84 Å². The minimum Gasteiger partial charge on any atom is -0.477 e. The monoisotopic (exact) mass is 710 g/mol. The number of carbonyl (C=O) groups is 2. The van der Waals surface area contributed by atoms with E-state index < -0.39 is 17.5 Å². The van der Waals surface area contributed by atoms with Crippen molar-refractivity contribution in [2.24, 2.45) is 0 Å². The lowest BCUT2D eigenvalue weighted by molar-refractivity contribution is 0.0522. The molecule has 43 heavy (non-hydrogen) atoms. The summed E-state index contributed by atoms with van der Waals surface area (Å²) < 4.78 is 10.2. The number of carbonyl (C=O) groups excluding carboxylic acids is 1. The van der Waals surface area contributed by atoms with Gasteiger partial charge in [0.2, 0.25) is 0 Å². The molecule has 4 aromatic rings. The molecule has 0 saturated carbocycles. The number of esters is 1. The van der Waals surface area contributed by atoms with Crippen molar-refractivity contribution in [2.75, 3.05) is 6.61 Å². The second-order valence-corrected chi connectivity index (χ2v) is 11.7. The summed E-state index contributed by atoms with van der Waals surface area (Å²) in [5.74, 6) is -1.74. The summed E-state index contributed by atoms with van der Waals surface area (Å²) >= 11 is 7.08. The number of aromatic carboxylic acids is 1. The molecule has 2 aliphatic carbocycles. The Labute approximate surface area is 266 Å². The largest absolute Gasteiger partial charge is 0.477 e. The van der Waals surface area contributed by atoms with Crippen LogP contribution in [0.2, 0.25) is 0 Å². The molecule has 0 bridgehead atoms. The molecular weight excluding hydrogens is 680 g/mol. The van der Waals surface area contributed by atoms with E-state index in [-0.39, 0.29) is 42.8 Å². The predicted octanol–water partition coefficient (Wildman–Crippen LogP) is 6.80. The van der Waals surface area contributed by atoms with E-state index in [1.54, 1.807) is 36.0 Å². The van der Waals surface area contributed by atoms with E-state index in [1.807, 2.05) is 36.4 Å². The molecule has 2 atom stereocenters. The molecule has 8 nitrogen and oxygen atoms in total. The molecule has 0 aliphatic heterocycles. The van der Waals surface area contributed by atoms with Crippen LogP contribution in [0.15, 0.2) is 91.6 Å². The number of benzene rings is 2. The second kappa shape index (κ2) is 13.7. The molecule has 2 aromatic carbocycles. The number of aromatic nitrogens is 2. The fraction of sp³-hybridized carbons (Fsp3) is 0.273. The Kier molecular flexibility index (Phi) is 10.2. The Balaban J connectivity index is 0.000000193. The van der Waals surface area contributed by atoms with Crippen LogP contribution in [0, 0.1) is 0 Å². The van der Waals surface area contributed by atoms with Crippen LogP contribution in [0.25, 0.3) is 0 Å². The van der Waals surface area contributed by atoms with E-state index in [0.29, 0.717) is 0 Å². The molecule has 224 valence electrons. The van der Waals surface area contributed by atoms with Crippen molar-refractivity contribution in [3.63, 3.8) is 0 Å². The number of ether oxygens (including phenoxy) is 1. The lowest BCUT2D eigenvalue weighted by Crippen LogP contribution is -2.29. The van der Waals surface area contributed by atoms with Crippen LogP contribution in [0.4, 0.5) is 0 Å². The summed E-state index contributed by atoms with van der Waals surface area (Å²) in [5.41, 5.74) is 3.83. The second-order valence-electron chi connectivity index (χ2n) is 10.0. The molecule has 10 heteroatoms. The number of hydrogen-bond donors (Lipinski definition) is 1. The highest BCUT2D eigenvalue weighted by molar-refractivity contribution is 9.10. The number of fused-ring (bicyclic) bond motifs is 2. The van der Waals surface area contributed by atoms with Gasteiger partial charge in [-0.1, -0.05) is 63.6 Å². The first-order valence-corrected chi connectivity index (χ1v) is 15.2. The highest BCUT2D eigenvalue weighted by Gasteiger charge is 2.28. The van der Waals surface area contributed by atoms with Gasteiger partial charge in [-0.3, -0.25) is 9.59 Å². The average Bonchev–Trinajstić information content (AvgIpc) is 3.60. The van der Waals surface area contributed by atoms with Crippen molar-refractivity contribution in [3.05, 3.63) is 136 Å². The van der Waals surface area contributed by atoms with Crippen molar-refractivity contribution >= 4 is 43.8 Å². The zero-order chi connectivity index (χ0) is 30.0. The van der Waals surface area contributed by atoms with Crippen LogP contribution < -0.4 is 11.1 Å². The number of carboxylic acid groups (broad SMARTS) is 1. The van der Waals surface area contributed by atoms with E-state index >= 15 is 0 Å². The first kappa shape index (κ1) is 32.2. The zero-order valence-corrected chi connectivity index (χ0v) is 25.9. The normalized spacial score (nSPS) is 16.3. The van der Waals surface area contributed by atoms with Crippen molar-refractivity contribution in [3.8, 4) is 0 Å². The lowest BCUT2D eigenvalue weighted by Gasteiger charge is -2.16. The van der Waals surface area contributed by atoms with Gasteiger partial charge < -0.3 is 19.0 Å². The molecular formula is C33H32Br2N2O6. The van der Waals surface area contributed by atoms with Gasteiger partial charge >= 0.3 is 11.9 Å². The van der Waals surface area contributed by atoms with Gasteiger partial charge in [0.15, 0.2) is 0 Å². The van der Waals surface area contributed by atoms with Gasteiger partial charge in [-0.2, -0.15) is 0 Å². The van der Waals surface area contributed by atoms with E-state index in [9.17, 15) is 19.2 Å². The van der Waals surface area contributed by atoms with Gasteiger partial charge in [0, 0.05) is 21.3 Å². The van der Waals surface area contributed by atoms with Gasteiger partial charge in [-0.15, -0.1) is 0 Å². The van der Waals surface area contributed by atoms with Crippen molar-refractivity contribution < 1.29 is 19.4 Å². The Hall–Kier alpha value is -3.76. The summed E-state index contributed by atoms with van der Waals surface area (Å²) in [4.78, 5) is 47.8. The standard InChI is InChI=1S/C17H16BrNO3.C15H12BrNO3.CH4/c1-2-22-17(21)13-6-4-10-19(16(13)20)15-9-8-11-12(15)5-3-7-14(11)18;16-12-5-1-3-10-9(12)6-7-13(10)17-8-2-4-11(14(17)18)15(19)20;/h3-7,10,15H,2,8-9H2,1H3;1-5,8,13H,6-7H2,(H,19,20);1H4. The molecule has 2 aliphatic rings. The summed E-state index contributed by atoms with van der Waals surface area (Å²) in [6.45, 7) is 1.98. The number of pyridine rings is 2. The highest BCUT2D eigenvalue weighted by atomic mass is 79.9. The Morgan fingerprint density at radius 3 is 1.72 bits per heavy atom. The Morgan fingerprint density at radius 1 is 0.791 bits per heavy atom. The van der Waals surface area contributed by atoms with Gasteiger partial charge in [-0.05, 0) is 91.3 Å². The maximum Gasteiger partial charge on any atom is 0.343 e. The number of halogens is 2. The topological polar surface area (TPSA) is 108 Å². The predicted molar refractivity (Wildman–Crippen MR) is 172 cm³/mol. The third-order valence-electron chi connectivity index (χ3n) is 7.71. The van der Waals surface area contributed by atoms with Crippen LogP contribution in [0.1, 0.15) is 82.2 Å². The van der Waals surface area contributed by atoms with Crippen LogP contribution in [0.3, 0.4) is 0 Å². The first-order valence-electron chi connectivity index (χ1n) is 13.6. The van der Waals surface area contributed by atoms with Crippen LogP contribution in [0.5, 0.6) is 0 Å². The van der Waals surface area contributed by atoms with Crippen molar-refractivity contribution in [2.45, 2.75) is 52.1 Å². The third-order valence-corrected chi connectivity index (χ3v) is 9.20. The van der Waals surface area contributed by atoms with Crippen LogP contribution >= 0.6 is 31.9 Å². The van der Waals surface area contributed by atoms with Gasteiger partial charge in [0.25, 0.3) is 11.1 Å². The summed E-state index contributed by atoms with van der Waals surface area (Å²) in [6.07, 6.45) is 6.86. The van der Waals surface area contributed by atoms with Crippen molar-refractivity contribution in [1.29, 1.82) is 0 Å². The van der Waals surface area contributed by atoms with Gasteiger partial charge in [-0.25, -0.2) is 9.59 Å². The number of carboxylic acids is 1. The molecule has 0 saturated heterocycles. The molecule has 6 rings (SSSR count). The zero-order valence-electron chi connectivity index (χ0n) is 22.8. The molecule has 0 amide bonds. The number of nitrogens with zero attached hydrogens (tertiary/aromatic N) is 2. The van der Waals surface area contributed by atoms with Crippen LogP contribution in [-0.2, 0) is 17.6 Å². The highest BCUT2D eigenvalue weighted by Crippen LogP contribution is 2.38. The number of hydrogen-bond acceptors (Lipinski definition) is 5. The minimum atomic E-state index is -1.18. The Morgan fingerprint density at radius 2 is 1.26 bits per heavy atom. The third kappa shape index (κ3) is 6.31. The summed E-state index contributed by atoms with van der Waals surface area (Å²) in [5, 5.41) is 9.05. The quantitative estimate of drug-likeness (QED) is 0.228. The van der Waals surface area contributed by atoms with Crippen LogP contribution in [-0.4, -0.2) is 32.8 Å². The fourth-order valence-electron chi connectivity index (χ4n) is 5.79. The number of rotatable bonds is 5. The Bertz CT molecular complexity index is 1800.